The molecule has 0 aliphatic carbocycles. The fourth-order valence-electron chi connectivity index (χ4n) is 3.73. The van der Waals surface area contributed by atoms with Crippen LogP contribution in [-0.2, 0) is 11.3 Å². The molecule has 166 valence electrons. The molecule has 33 heavy (non-hydrogen) atoms. The highest BCUT2D eigenvalue weighted by molar-refractivity contribution is 5.91. The van der Waals surface area contributed by atoms with E-state index in [2.05, 4.69) is 15.5 Å². The Bertz CT molecular complexity index is 1410. The van der Waals surface area contributed by atoms with Crippen LogP contribution >= 0.6 is 0 Å². The SMILES string of the molecule is Cc1cc(C)n(CC(=O)Nc2ccc3c(c2)OCO3)c(=O)c1-c1nc(-c2ccccc2)no1. The first-order chi connectivity index (χ1) is 16.0. The largest absolute Gasteiger partial charge is 0.454 e. The molecule has 1 N–H and O–H groups in total. The molecular formula is C24H20N4O5. The first-order valence-electron chi connectivity index (χ1n) is 10.3. The van der Waals surface area contributed by atoms with Crippen molar-refractivity contribution in [3.8, 4) is 34.3 Å². The Balaban J connectivity index is 1.42. The zero-order valence-corrected chi connectivity index (χ0v) is 18.0. The maximum atomic E-state index is 13.3. The molecule has 2 aromatic carbocycles. The fourth-order valence-corrected chi connectivity index (χ4v) is 3.73. The number of amides is 1. The molecule has 0 bridgehead atoms. The van der Waals surface area contributed by atoms with E-state index in [0.717, 1.165) is 5.56 Å². The van der Waals surface area contributed by atoms with E-state index in [-0.39, 0.29) is 36.3 Å². The molecule has 0 atom stereocenters. The van der Waals surface area contributed by atoms with Gasteiger partial charge in [0.1, 0.15) is 12.1 Å². The van der Waals surface area contributed by atoms with E-state index in [1.54, 1.807) is 32.0 Å². The first kappa shape index (κ1) is 20.5. The Morgan fingerprint density at radius 3 is 2.67 bits per heavy atom. The highest BCUT2D eigenvalue weighted by Crippen LogP contribution is 2.34. The minimum atomic E-state index is -0.378. The highest BCUT2D eigenvalue weighted by Gasteiger charge is 2.21. The average molecular weight is 444 g/mol. The molecule has 1 amide bonds. The van der Waals surface area contributed by atoms with E-state index < -0.39 is 0 Å². The molecular weight excluding hydrogens is 424 g/mol. The fraction of sp³-hybridized carbons (Fsp3) is 0.167. The molecule has 1 aliphatic rings. The first-order valence-corrected chi connectivity index (χ1v) is 10.3. The lowest BCUT2D eigenvalue weighted by atomic mass is 10.1. The van der Waals surface area contributed by atoms with Crippen molar-refractivity contribution in [3.63, 3.8) is 0 Å². The Hall–Kier alpha value is -4.40. The van der Waals surface area contributed by atoms with Crippen LogP contribution in [0.15, 0.2) is 63.9 Å². The van der Waals surface area contributed by atoms with E-state index in [1.807, 2.05) is 36.4 Å². The van der Waals surface area contributed by atoms with Gasteiger partial charge in [-0.05, 0) is 37.6 Å². The van der Waals surface area contributed by atoms with Crippen molar-refractivity contribution in [2.24, 2.45) is 0 Å². The summed E-state index contributed by atoms with van der Waals surface area (Å²) >= 11 is 0. The van der Waals surface area contributed by atoms with Crippen LogP contribution in [0.2, 0.25) is 0 Å². The molecule has 0 spiro atoms. The number of fused-ring (bicyclic) bond motifs is 1. The van der Waals surface area contributed by atoms with E-state index >= 15 is 0 Å². The average Bonchev–Trinajstić information content (AvgIpc) is 3.47. The Labute approximate surface area is 188 Å². The number of hydrogen-bond acceptors (Lipinski definition) is 7. The van der Waals surface area contributed by atoms with Crippen LogP contribution in [0, 0.1) is 13.8 Å². The summed E-state index contributed by atoms with van der Waals surface area (Å²) in [6.07, 6.45) is 0. The van der Waals surface area contributed by atoms with Crippen molar-refractivity contribution >= 4 is 11.6 Å². The van der Waals surface area contributed by atoms with Gasteiger partial charge < -0.3 is 23.9 Å². The molecule has 5 rings (SSSR count). The smallest absolute Gasteiger partial charge is 0.264 e. The van der Waals surface area contributed by atoms with Gasteiger partial charge in [0.15, 0.2) is 11.5 Å². The van der Waals surface area contributed by atoms with Gasteiger partial charge in [-0.1, -0.05) is 35.5 Å². The van der Waals surface area contributed by atoms with Crippen LogP contribution in [-0.4, -0.2) is 27.4 Å². The third kappa shape index (κ3) is 3.96. The summed E-state index contributed by atoms with van der Waals surface area (Å²) in [5, 5.41) is 6.80. The van der Waals surface area contributed by atoms with Crippen LogP contribution in [0.5, 0.6) is 11.5 Å². The second-order valence-corrected chi connectivity index (χ2v) is 7.64. The Morgan fingerprint density at radius 2 is 1.85 bits per heavy atom. The highest BCUT2D eigenvalue weighted by atomic mass is 16.7. The topological polar surface area (TPSA) is 108 Å². The number of anilines is 1. The van der Waals surface area contributed by atoms with Crippen molar-refractivity contribution in [3.05, 3.63) is 76.2 Å². The number of pyridine rings is 1. The van der Waals surface area contributed by atoms with Gasteiger partial charge in [0, 0.05) is 23.0 Å². The third-order valence-electron chi connectivity index (χ3n) is 5.33. The van der Waals surface area contributed by atoms with Crippen LogP contribution in [0.3, 0.4) is 0 Å². The molecule has 1 aliphatic heterocycles. The zero-order chi connectivity index (χ0) is 22.9. The van der Waals surface area contributed by atoms with Crippen molar-refractivity contribution < 1.29 is 18.8 Å². The maximum Gasteiger partial charge on any atom is 0.264 e. The van der Waals surface area contributed by atoms with Crippen molar-refractivity contribution in [2.75, 3.05) is 12.1 Å². The summed E-state index contributed by atoms with van der Waals surface area (Å²) in [5.74, 6) is 1.32. The van der Waals surface area contributed by atoms with Crippen LogP contribution in [0.4, 0.5) is 5.69 Å². The molecule has 2 aromatic heterocycles. The number of hydrogen-bond donors (Lipinski definition) is 1. The second-order valence-electron chi connectivity index (χ2n) is 7.64. The van der Waals surface area contributed by atoms with Crippen molar-refractivity contribution in [1.29, 1.82) is 0 Å². The summed E-state index contributed by atoms with van der Waals surface area (Å²) < 4.78 is 17.4. The summed E-state index contributed by atoms with van der Waals surface area (Å²) in [7, 11) is 0. The van der Waals surface area contributed by atoms with Gasteiger partial charge >= 0.3 is 0 Å². The van der Waals surface area contributed by atoms with Gasteiger partial charge in [0.05, 0.1) is 0 Å². The summed E-state index contributed by atoms with van der Waals surface area (Å²) in [6, 6.07) is 16.3. The monoisotopic (exact) mass is 444 g/mol. The molecule has 0 saturated heterocycles. The summed E-state index contributed by atoms with van der Waals surface area (Å²) in [5.41, 5.74) is 2.55. The predicted octanol–water partition coefficient (Wildman–Crippen LogP) is 3.55. The molecule has 0 radical (unpaired) electrons. The standard InChI is InChI=1S/C24H20N4O5/c1-14-10-15(2)28(12-20(29)25-17-8-9-18-19(11-17)32-13-31-18)24(30)21(14)23-26-22(27-33-23)16-6-4-3-5-7-16/h3-11H,12-13H2,1-2H3,(H,25,29). The number of benzene rings is 2. The number of ether oxygens (including phenoxy) is 2. The molecule has 0 unspecified atom stereocenters. The van der Waals surface area contributed by atoms with E-state index in [9.17, 15) is 9.59 Å². The van der Waals surface area contributed by atoms with Crippen LogP contribution < -0.4 is 20.3 Å². The number of rotatable bonds is 5. The van der Waals surface area contributed by atoms with Gasteiger partial charge in [-0.15, -0.1) is 0 Å². The number of aryl methyl sites for hydroxylation is 2. The lowest BCUT2D eigenvalue weighted by Crippen LogP contribution is -2.30. The third-order valence-corrected chi connectivity index (χ3v) is 5.33. The van der Waals surface area contributed by atoms with Gasteiger partial charge in [-0.3, -0.25) is 9.59 Å². The molecule has 9 heteroatoms. The van der Waals surface area contributed by atoms with Gasteiger partial charge in [-0.2, -0.15) is 4.98 Å². The Kier molecular flexibility index (Phi) is 5.14. The quantitative estimate of drug-likeness (QED) is 0.501. The van der Waals surface area contributed by atoms with E-state index in [0.29, 0.717) is 34.3 Å². The van der Waals surface area contributed by atoms with E-state index in [4.69, 9.17) is 14.0 Å². The summed E-state index contributed by atoms with van der Waals surface area (Å²) in [4.78, 5) is 30.4. The number of aromatic nitrogens is 3. The molecule has 4 aromatic rings. The Morgan fingerprint density at radius 1 is 1.06 bits per heavy atom. The lowest BCUT2D eigenvalue weighted by molar-refractivity contribution is -0.116. The number of carbonyl (C=O) groups is 1. The minimum Gasteiger partial charge on any atom is -0.454 e. The van der Waals surface area contributed by atoms with Crippen LogP contribution in [0.1, 0.15) is 11.3 Å². The second kappa shape index (κ2) is 8.27. The summed E-state index contributed by atoms with van der Waals surface area (Å²) in [6.45, 7) is 3.55. The lowest BCUT2D eigenvalue weighted by Gasteiger charge is -2.13. The number of nitrogens with zero attached hydrogens (tertiary/aromatic N) is 3. The van der Waals surface area contributed by atoms with Crippen molar-refractivity contribution in [1.82, 2.24) is 14.7 Å². The van der Waals surface area contributed by atoms with Crippen LogP contribution in [0.25, 0.3) is 22.8 Å². The van der Waals surface area contributed by atoms with Gasteiger partial charge in [0.25, 0.3) is 11.4 Å². The molecule has 0 fully saturated rings. The van der Waals surface area contributed by atoms with Gasteiger partial charge in [-0.25, -0.2) is 0 Å². The molecule has 3 heterocycles. The molecule has 0 saturated carbocycles. The number of carbonyl (C=O) groups excluding carboxylic acids is 1. The number of nitrogens with one attached hydrogen (secondary N) is 1. The molecule has 9 nitrogen and oxygen atoms in total. The van der Waals surface area contributed by atoms with Crippen molar-refractivity contribution in [2.45, 2.75) is 20.4 Å². The van der Waals surface area contributed by atoms with E-state index in [1.165, 1.54) is 4.57 Å². The zero-order valence-electron chi connectivity index (χ0n) is 18.0. The minimum absolute atomic E-state index is 0.112. The maximum absolute atomic E-state index is 13.3. The van der Waals surface area contributed by atoms with Gasteiger partial charge in [0.2, 0.25) is 18.5 Å². The normalized spacial score (nSPS) is 12.1. The predicted molar refractivity (Wildman–Crippen MR) is 120 cm³/mol.